The molecule has 0 amide bonds. The van der Waals surface area contributed by atoms with Crippen LogP contribution in [-0.4, -0.2) is 15.0 Å². The summed E-state index contributed by atoms with van der Waals surface area (Å²) >= 11 is 0. The van der Waals surface area contributed by atoms with Gasteiger partial charge in [0.25, 0.3) is 9.76 Å². The fraction of sp³-hybridized carbons (Fsp3) is 0.0769. The summed E-state index contributed by atoms with van der Waals surface area (Å²) in [6.45, 7) is 0. The van der Waals surface area contributed by atoms with Gasteiger partial charge in [-0.3, -0.25) is 9.83 Å². The lowest BCUT2D eigenvalue weighted by Gasteiger charge is -2.14. The topological polar surface area (TPSA) is 29.5 Å². The quantitative estimate of drug-likeness (QED) is 0.495. The van der Waals surface area contributed by atoms with Crippen molar-refractivity contribution < 1.29 is 9.83 Å². The second kappa shape index (κ2) is 5.60. The highest BCUT2D eigenvalue weighted by molar-refractivity contribution is 6.31. The highest BCUT2D eigenvalue weighted by Crippen LogP contribution is 2.22. The normalized spacial score (nSPS) is 10.6. The molecule has 3 heteroatoms. The summed E-state index contributed by atoms with van der Waals surface area (Å²) in [5.74, 6) is 0. The second-order valence-corrected chi connectivity index (χ2v) is 4.46. The number of benzene rings is 2. The van der Waals surface area contributed by atoms with E-state index in [1.54, 1.807) is 0 Å². The van der Waals surface area contributed by atoms with Crippen LogP contribution in [0, 0.1) is 0 Å². The molecule has 2 aromatic carbocycles. The van der Waals surface area contributed by atoms with Crippen molar-refractivity contribution in [3.63, 3.8) is 0 Å². The van der Waals surface area contributed by atoms with Gasteiger partial charge in [0.2, 0.25) is 0 Å². The van der Waals surface area contributed by atoms with E-state index in [1.165, 1.54) is 0 Å². The average Bonchev–Trinajstić information content (AvgIpc) is 2.38. The van der Waals surface area contributed by atoms with Crippen LogP contribution in [0.4, 0.5) is 0 Å². The van der Waals surface area contributed by atoms with Crippen molar-refractivity contribution in [1.29, 1.82) is 0 Å². The monoisotopic (exact) mass is 228 g/mol. The summed E-state index contributed by atoms with van der Waals surface area (Å²) < 4.78 is 4.34. The molecule has 2 nitrogen and oxygen atoms in total. The van der Waals surface area contributed by atoms with Crippen molar-refractivity contribution in [3.8, 4) is 0 Å². The third kappa shape index (κ3) is 2.58. The standard InChI is InChI=1S/C13H12O2Si/c14-15-16-13(11-7-3-1-4-8-11)12-9-5-2-6-10-12/h1-10,13-14H. The minimum absolute atomic E-state index is 0.0164. The minimum Gasteiger partial charge on any atom is -0.289 e. The van der Waals surface area contributed by atoms with Crippen molar-refractivity contribution in [2.45, 2.75) is 5.54 Å². The molecule has 0 aliphatic rings. The lowest BCUT2D eigenvalue weighted by molar-refractivity contribution is -0.138. The van der Waals surface area contributed by atoms with Crippen molar-refractivity contribution in [2.24, 2.45) is 0 Å². The number of rotatable bonds is 4. The van der Waals surface area contributed by atoms with E-state index in [-0.39, 0.29) is 15.3 Å². The molecule has 0 heterocycles. The fourth-order valence-electron chi connectivity index (χ4n) is 1.67. The van der Waals surface area contributed by atoms with Gasteiger partial charge in [-0.25, -0.2) is 0 Å². The van der Waals surface area contributed by atoms with Gasteiger partial charge in [0.1, 0.15) is 0 Å². The van der Waals surface area contributed by atoms with Crippen LogP contribution in [0.2, 0.25) is 0 Å². The molecule has 2 aromatic rings. The Labute approximate surface area is 97.4 Å². The van der Waals surface area contributed by atoms with E-state index in [4.69, 9.17) is 5.26 Å². The molecule has 0 saturated carbocycles. The van der Waals surface area contributed by atoms with Gasteiger partial charge in [-0.05, 0) is 11.1 Å². The first-order valence-electron chi connectivity index (χ1n) is 5.07. The van der Waals surface area contributed by atoms with Gasteiger partial charge in [0.15, 0.2) is 0 Å². The van der Waals surface area contributed by atoms with E-state index in [0.717, 1.165) is 11.1 Å². The SMILES string of the molecule is OO[Si]C(c1ccccc1)c1ccccc1. The van der Waals surface area contributed by atoms with Gasteiger partial charge in [-0.2, -0.15) is 0 Å². The fourth-order valence-corrected chi connectivity index (χ4v) is 2.43. The molecule has 0 fully saturated rings. The molecule has 0 bridgehead atoms. The predicted molar refractivity (Wildman–Crippen MR) is 64.2 cm³/mol. The Morgan fingerprint density at radius 1 is 0.812 bits per heavy atom. The Morgan fingerprint density at radius 2 is 1.25 bits per heavy atom. The molecule has 0 aliphatic heterocycles. The zero-order valence-electron chi connectivity index (χ0n) is 8.71. The summed E-state index contributed by atoms with van der Waals surface area (Å²) in [7, 11) is 0.0164. The maximum absolute atomic E-state index is 8.67. The molecule has 2 rings (SSSR count). The highest BCUT2D eigenvalue weighted by Gasteiger charge is 2.16. The van der Waals surface area contributed by atoms with Crippen molar-refractivity contribution in [2.75, 3.05) is 0 Å². The maximum Gasteiger partial charge on any atom is 0.295 e. The van der Waals surface area contributed by atoms with Crippen molar-refractivity contribution in [1.82, 2.24) is 0 Å². The van der Waals surface area contributed by atoms with Gasteiger partial charge >= 0.3 is 0 Å². The Morgan fingerprint density at radius 3 is 1.62 bits per heavy atom. The lowest BCUT2D eigenvalue weighted by atomic mass is 10.0. The van der Waals surface area contributed by atoms with Crippen LogP contribution in [0.1, 0.15) is 16.7 Å². The van der Waals surface area contributed by atoms with Gasteiger partial charge < -0.3 is 0 Å². The van der Waals surface area contributed by atoms with E-state index in [0.29, 0.717) is 0 Å². The Balaban J connectivity index is 2.31. The lowest BCUT2D eigenvalue weighted by Crippen LogP contribution is -2.11. The van der Waals surface area contributed by atoms with Gasteiger partial charge in [0, 0.05) is 5.54 Å². The highest BCUT2D eigenvalue weighted by atomic mass is 28.2. The smallest absolute Gasteiger partial charge is 0.289 e. The zero-order chi connectivity index (χ0) is 11.2. The first-order valence-corrected chi connectivity index (χ1v) is 6.06. The van der Waals surface area contributed by atoms with Gasteiger partial charge in [0.05, 0.1) is 0 Å². The van der Waals surface area contributed by atoms with E-state index >= 15 is 0 Å². The van der Waals surface area contributed by atoms with Crippen molar-refractivity contribution >= 4 is 9.76 Å². The Bertz CT molecular complexity index is 377. The van der Waals surface area contributed by atoms with E-state index < -0.39 is 0 Å². The molecule has 0 aliphatic carbocycles. The average molecular weight is 228 g/mol. The minimum atomic E-state index is 0.0164. The molecular formula is C13H12O2Si. The molecule has 0 aromatic heterocycles. The van der Waals surface area contributed by atoms with Crippen LogP contribution < -0.4 is 0 Å². The largest absolute Gasteiger partial charge is 0.295 e. The van der Waals surface area contributed by atoms with Gasteiger partial charge in [-0.1, -0.05) is 60.7 Å². The molecule has 16 heavy (non-hydrogen) atoms. The molecule has 80 valence electrons. The van der Waals surface area contributed by atoms with E-state index in [9.17, 15) is 0 Å². The second-order valence-electron chi connectivity index (χ2n) is 3.46. The number of hydrogen-bond acceptors (Lipinski definition) is 2. The molecular weight excluding hydrogens is 216 g/mol. The first-order chi connectivity index (χ1) is 7.92. The van der Waals surface area contributed by atoms with E-state index in [1.807, 2.05) is 60.7 Å². The van der Waals surface area contributed by atoms with Crippen LogP contribution in [-0.2, 0) is 4.58 Å². The van der Waals surface area contributed by atoms with E-state index in [2.05, 4.69) is 4.58 Å². The Hall–Kier alpha value is -1.42. The summed E-state index contributed by atoms with van der Waals surface area (Å²) in [6, 6.07) is 20.1. The van der Waals surface area contributed by atoms with Crippen molar-refractivity contribution in [3.05, 3.63) is 71.8 Å². The summed E-state index contributed by atoms with van der Waals surface area (Å²) in [5.41, 5.74) is 2.41. The first kappa shape index (κ1) is 11.1. The Kier molecular flexibility index (Phi) is 3.88. The third-order valence-corrected chi connectivity index (χ3v) is 3.44. The zero-order valence-corrected chi connectivity index (χ0v) is 9.71. The third-order valence-electron chi connectivity index (χ3n) is 2.44. The van der Waals surface area contributed by atoms with Crippen LogP contribution in [0.25, 0.3) is 0 Å². The number of hydrogen-bond donors (Lipinski definition) is 1. The van der Waals surface area contributed by atoms with Crippen LogP contribution in [0.3, 0.4) is 0 Å². The summed E-state index contributed by atoms with van der Waals surface area (Å²) in [6.07, 6.45) is 0. The predicted octanol–water partition coefficient (Wildman–Crippen LogP) is 2.88. The molecule has 0 spiro atoms. The molecule has 1 N–H and O–H groups in total. The van der Waals surface area contributed by atoms with Crippen LogP contribution in [0.15, 0.2) is 60.7 Å². The van der Waals surface area contributed by atoms with Crippen LogP contribution in [0.5, 0.6) is 0 Å². The summed E-state index contributed by atoms with van der Waals surface area (Å²) in [5, 5.41) is 8.67. The van der Waals surface area contributed by atoms with Gasteiger partial charge in [-0.15, -0.1) is 0 Å². The summed E-state index contributed by atoms with van der Waals surface area (Å²) in [4.78, 5) is 0. The molecule has 2 radical (unpaired) electrons. The molecule has 0 unspecified atom stereocenters. The molecule has 0 atom stereocenters. The maximum atomic E-state index is 8.67. The molecule has 0 saturated heterocycles. The van der Waals surface area contributed by atoms with Crippen LogP contribution >= 0.6 is 0 Å².